The number of ether oxygens (including phenoxy) is 1. The maximum atomic E-state index is 12.0. The van der Waals surface area contributed by atoms with Crippen LogP contribution >= 0.6 is 0 Å². The number of nitrogens with one attached hydrogen (secondary N) is 1. The standard InChI is InChI=1S/C16H11NO4/c1-8(16(20)21-2)12-10-6-4-3-5-9(10)7-11-13(12)15(19)17-14(11)18/h3-7H,1H2,2H3,(H,17,18,19). The number of hydrogen-bond acceptors (Lipinski definition) is 4. The van der Waals surface area contributed by atoms with Gasteiger partial charge in [0.15, 0.2) is 0 Å². The second-order valence-corrected chi connectivity index (χ2v) is 4.65. The number of carbonyl (C=O) groups excluding carboxylic acids is 3. The molecule has 0 unspecified atom stereocenters. The van der Waals surface area contributed by atoms with E-state index in [4.69, 9.17) is 0 Å². The summed E-state index contributed by atoms with van der Waals surface area (Å²) in [6.45, 7) is 3.72. The van der Waals surface area contributed by atoms with Gasteiger partial charge in [0.1, 0.15) is 0 Å². The van der Waals surface area contributed by atoms with Crippen molar-refractivity contribution >= 4 is 34.1 Å². The summed E-state index contributed by atoms with van der Waals surface area (Å²) in [5.74, 6) is -1.64. The Morgan fingerprint density at radius 2 is 1.90 bits per heavy atom. The summed E-state index contributed by atoms with van der Waals surface area (Å²) in [6, 6.07) is 8.82. The zero-order chi connectivity index (χ0) is 15.1. The van der Waals surface area contributed by atoms with Crippen LogP contribution in [0.15, 0.2) is 36.9 Å². The number of amides is 2. The third kappa shape index (κ3) is 1.82. The van der Waals surface area contributed by atoms with E-state index in [-0.39, 0.29) is 16.7 Å². The molecule has 0 bridgehead atoms. The molecule has 1 aliphatic heterocycles. The van der Waals surface area contributed by atoms with E-state index in [1.165, 1.54) is 7.11 Å². The molecule has 5 nitrogen and oxygen atoms in total. The predicted octanol–water partition coefficient (Wildman–Crippen LogP) is 1.91. The highest BCUT2D eigenvalue weighted by Crippen LogP contribution is 2.33. The van der Waals surface area contributed by atoms with E-state index in [9.17, 15) is 14.4 Å². The van der Waals surface area contributed by atoms with Crippen LogP contribution in [0.25, 0.3) is 16.3 Å². The van der Waals surface area contributed by atoms with E-state index >= 15 is 0 Å². The van der Waals surface area contributed by atoms with Gasteiger partial charge >= 0.3 is 5.97 Å². The first kappa shape index (κ1) is 13.1. The number of esters is 1. The molecule has 0 radical (unpaired) electrons. The van der Waals surface area contributed by atoms with Crippen LogP contribution in [0.4, 0.5) is 0 Å². The summed E-state index contributed by atoms with van der Waals surface area (Å²) in [7, 11) is 1.24. The largest absolute Gasteiger partial charge is 0.465 e. The number of fused-ring (bicyclic) bond motifs is 2. The summed E-state index contributed by atoms with van der Waals surface area (Å²) < 4.78 is 4.68. The first-order valence-electron chi connectivity index (χ1n) is 6.23. The molecule has 0 spiro atoms. The van der Waals surface area contributed by atoms with Gasteiger partial charge in [0.05, 0.1) is 23.8 Å². The quantitative estimate of drug-likeness (QED) is 0.518. The molecule has 2 amide bonds. The van der Waals surface area contributed by atoms with Gasteiger partial charge in [-0.3, -0.25) is 14.9 Å². The van der Waals surface area contributed by atoms with Crippen molar-refractivity contribution in [1.29, 1.82) is 0 Å². The van der Waals surface area contributed by atoms with Gasteiger partial charge in [-0.25, -0.2) is 4.79 Å². The van der Waals surface area contributed by atoms with E-state index < -0.39 is 17.8 Å². The van der Waals surface area contributed by atoms with Crippen LogP contribution in [0, 0.1) is 0 Å². The van der Waals surface area contributed by atoms with Crippen molar-refractivity contribution in [2.45, 2.75) is 0 Å². The molecule has 0 aliphatic carbocycles. The topological polar surface area (TPSA) is 72.5 Å². The Morgan fingerprint density at radius 3 is 2.62 bits per heavy atom. The third-order valence-electron chi connectivity index (χ3n) is 3.48. The van der Waals surface area contributed by atoms with Crippen molar-refractivity contribution in [3.05, 3.63) is 53.6 Å². The van der Waals surface area contributed by atoms with E-state index in [1.807, 2.05) is 6.07 Å². The van der Waals surface area contributed by atoms with Gasteiger partial charge in [-0.05, 0) is 16.8 Å². The Balaban J connectivity index is 2.43. The van der Waals surface area contributed by atoms with Crippen molar-refractivity contribution < 1.29 is 19.1 Å². The van der Waals surface area contributed by atoms with Gasteiger partial charge in [-0.1, -0.05) is 30.8 Å². The monoisotopic (exact) mass is 281 g/mol. The Kier molecular flexibility index (Phi) is 2.83. The molecule has 21 heavy (non-hydrogen) atoms. The normalized spacial score (nSPS) is 13.0. The van der Waals surface area contributed by atoms with Crippen LogP contribution in [0.1, 0.15) is 26.3 Å². The lowest BCUT2D eigenvalue weighted by atomic mass is 9.91. The van der Waals surface area contributed by atoms with Crippen LogP contribution in [0.2, 0.25) is 0 Å². The molecule has 0 atom stereocenters. The van der Waals surface area contributed by atoms with E-state index in [2.05, 4.69) is 16.6 Å². The maximum absolute atomic E-state index is 12.0. The Hall–Kier alpha value is -2.95. The minimum Gasteiger partial charge on any atom is -0.465 e. The Bertz CT molecular complexity index is 836. The SMILES string of the molecule is C=C(C(=O)OC)c1c2c(cc3ccccc13)C(=O)NC2=O. The first-order chi connectivity index (χ1) is 10.0. The Labute approximate surface area is 120 Å². The maximum Gasteiger partial charge on any atom is 0.337 e. The lowest BCUT2D eigenvalue weighted by Gasteiger charge is -2.12. The Morgan fingerprint density at radius 1 is 1.19 bits per heavy atom. The van der Waals surface area contributed by atoms with E-state index in [0.29, 0.717) is 10.9 Å². The van der Waals surface area contributed by atoms with E-state index in [1.54, 1.807) is 24.3 Å². The van der Waals surface area contributed by atoms with Gasteiger partial charge in [0, 0.05) is 5.56 Å². The number of hydrogen-bond donors (Lipinski definition) is 1. The predicted molar refractivity (Wildman–Crippen MR) is 76.8 cm³/mol. The lowest BCUT2D eigenvalue weighted by molar-refractivity contribution is -0.133. The first-order valence-corrected chi connectivity index (χ1v) is 6.23. The molecule has 5 heteroatoms. The fourth-order valence-corrected chi connectivity index (χ4v) is 2.53. The van der Waals surface area contributed by atoms with Crippen LogP contribution in [0.5, 0.6) is 0 Å². The molecule has 104 valence electrons. The summed E-state index contributed by atoms with van der Waals surface area (Å²) in [4.78, 5) is 35.7. The number of imide groups is 1. The molecule has 0 saturated carbocycles. The average molecular weight is 281 g/mol. The third-order valence-corrected chi connectivity index (χ3v) is 3.48. The highest BCUT2D eigenvalue weighted by Gasteiger charge is 2.33. The molecule has 2 aromatic carbocycles. The zero-order valence-electron chi connectivity index (χ0n) is 11.2. The number of benzene rings is 2. The molecule has 2 aromatic rings. The molecule has 1 N–H and O–H groups in total. The molecule has 1 heterocycles. The van der Waals surface area contributed by atoms with Gasteiger partial charge in [-0.2, -0.15) is 0 Å². The van der Waals surface area contributed by atoms with Crippen molar-refractivity contribution in [1.82, 2.24) is 5.32 Å². The van der Waals surface area contributed by atoms with Crippen LogP contribution in [0.3, 0.4) is 0 Å². The number of methoxy groups -OCH3 is 1. The van der Waals surface area contributed by atoms with Crippen LogP contribution in [-0.4, -0.2) is 24.9 Å². The minimum absolute atomic E-state index is 0.0513. The fourth-order valence-electron chi connectivity index (χ4n) is 2.53. The highest BCUT2D eigenvalue weighted by atomic mass is 16.5. The molecule has 3 rings (SSSR count). The van der Waals surface area contributed by atoms with Crippen molar-refractivity contribution in [3.63, 3.8) is 0 Å². The average Bonchev–Trinajstić information content (AvgIpc) is 2.78. The molecular weight excluding hydrogens is 270 g/mol. The lowest BCUT2D eigenvalue weighted by Crippen LogP contribution is -2.20. The highest BCUT2D eigenvalue weighted by molar-refractivity contribution is 6.30. The van der Waals surface area contributed by atoms with Gasteiger partial charge < -0.3 is 4.74 Å². The minimum atomic E-state index is -0.638. The van der Waals surface area contributed by atoms with Crippen molar-refractivity contribution in [2.24, 2.45) is 0 Å². The van der Waals surface area contributed by atoms with Crippen LogP contribution in [-0.2, 0) is 9.53 Å². The number of rotatable bonds is 2. The van der Waals surface area contributed by atoms with Gasteiger partial charge in [0.25, 0.3) is 11.8 Å². The molecule has 0 saturated heterocycles. The molecule has 0 fully saturated rings. The van der Waals surface area contributed by atoms with Crippen LogP contribution < -0.4 is 5.32 Å². The van der Waals surface area contributed by atoms with Crippen molar-refractivity contribution in [2.75, 3.05) is 7.11 Å². The smallest absolute Gasteiger partial charge is 0.337 e. The second-order valence-electron chi connectivity index (χ2n) is 4.65. The molecule has 1 aliphatic rings. The van der Waals surface area contributed by atoms with Gasteiger partial charge in [-0.15, -0.1) is 0 Å². The van der Waals surface area contributed by atoms with Crippen molar-refractivity contribution in [3.8, 4) is 0 Å². The summed E-state index contributed by atoms with van der Waals surface area (Å²) >= 11 is 0. The molecule has 0 aromatic heterocycles. The summed E-state index contributed by atoms with van der Waals surface area (Å²) in [5.41, 5.74) is 0.821. The summed E-state index contributed by atoms with van der Waals surface area (Å²) in [6.07, 6.45) is 0. The van der Waals surface area contributed by atoms with E-state index in [0.717, 1.165) is 5.39 Å². The van der Waals surface area contributed by atoms with Gasteiger partial charge in [0.2, 0.25) is 0 Å². The summed E-state index contributed by atoms with van der Waals surface area (Å²) in [5, 5.41) is 3.67. The molecular formula is C16H11NO4. The second kappa shape index (κ2) is 4.56. The number of carbonyl (C=O) groups is 3. The zero-order valence-corrected chi connectivity index (χ0v) is 11.2. The fraction of sp³-hybridized carbons (Fsp3) is 0.0625.